The van der Waals surface area contributed by atoms with Gasteiger partial charge in [-0.05, 0) is 6.92 Å². The Hall–Kier alpha value is -1.71. The van der Waals surface area contributed by atoms with Crippen molar-refractivity contribution in [1.29, 1.82) is 0 Å². The van der Waals surface area contributed by atoms with Crippen molar-refractivity contribution in [2.75, 3.05) is 0 Å². The van der Waals surface area contributed by atoms with Crippen LogP contribution in [0.2, 0.25) is 0 Å². The fourth-order valence-corrected chi connectivity index (χ4v) is 3.25. The molecule has 0 aromatic carbocycles. The Balaban J connectivity index is 1.82. The Kier molecular flexibility index (Phi) is 3.55. The lowest BCUT2D eigenvalue weighted by atomic mass is 10.4. The van der Waals surface area contributed by atoms with Gasteiger partial charge >= 0.3 is 0 Å². The molecule has 0 unspecified atom stereocenters. The maximum atomic E-state index is 12.0. The molecule has 0 bridgehead atoms. The van der Waals surface area contributed by atoms with Crippen LogP contribution in [0.1, 0.15) is 17.3 Å². The maximum Gasteiger partial charge on any atom is 0.277 e. The fourth-order valence-electron chi connectivity index (χ4n) is 1.69. The van der Waals surface area contributed by atoms with Crippen LogP contribution in [0.25, 0.3) is 4.96 Å². The van der Waals surface area contributed by atoms with E-state index in [1.54, 1.807) is 4.40 Å². The van der Waals surface area contributed by atoms with Crippen LogP contribution in [-0.4, -0.2) is 19.6 Å². The van der Waals surface area contributed by atoms with E-state index < -0.39 is 0 Å². The van der Waals surface area contributed by atoms with Crippen molar-refractivity contribution >= 4 is 28.1 Å². The zero-order valence-corrected chi connectivity index (χ0v) is 12.2. The van der Waals surface area contributed by atoms with Gasteiger partial charge in [-0.1, -0.05) is 11.8 Å². The van der Waals surface area contributed by atoms with E-state index in [4.69, 9.17) is 10.2 Å². The highest BCUT2D eigenvalue weighted by atomic mass is 32.2. The average Bonchev–Trinajstić information content (AvgIpc) is 3.03. The van der Waals surface area contributed by atoms with Crippen molar-refractivity contribution in [3.05, 3.63) is 39.1 Å². The van der Waals surface area contributed by atoms with Crippen molar-refractivity contribution in [1.82, 2.24) is 19.6 Å². The number of nitrogens with zero attached hydrogens (tertiary/aromatic N) is 4. The fraction of sp³-hybridized carbons (Fsp3) is 0.273. The predicted molar refractivity (Wildman–Crippen MR) is 75.8 cm³/mol. The molecule has 0 aliphatic rings. The third kappa shape index (κ3) is 2.47. The van der Waals surface area contributed by atoms with Gasteiger partial charge in [-0.2, -0.15) is 0 Å². The summed E-state index contributed by atoms with van der Waals surface area (Å²) in [5.74, 6) is 0.888. The molecule has 2 N–H and O–H groups in total. The van der Waals surface area contributed by atoms with E-state index in [0.29, 0.717) is 27.5 Å². The standard InChI is InChI=1S/C11H11N5O2S2/c1-6-4-19-10-13-7(2-9(17)16(6)10)5-20-11-15-14-8(3-12)18-11/h2,4H,3,5,12H2,1H3. The van der Waals surface area contributed by atoms with E-state index >= 15 is 0 Å². The molecule has 0 saturated carbocycles. The Morgan fingerprint density at radius 1 is 1.50 bits per heavy atom. The minimum atomic E-state index is -0.0717. The first-order valence-corrected chi connectivity index (χ1v) is 7.66. The number of hydrogen-bond acceptors (Lipinski definition) is 8. The summed E-state index contributed by atoms with van der Waals surface area (Å²) in [6.45, 7) is 2.10. The molecule has 0 amide bonds. The first kappa shape index (κ1) is 13.3. The lowest BCUT2D eigenvalue weighted by Crippen LogP contribution is -2.14. The average molecular weight is 309 g/mol. The van der Waals surface area contributed by atoms with Crippen LogP contribution in [0.15, 0.2) is 25.9 Å². The normalized spacial score (nSPS) is 11.3. The van der Waals surface area contributed by atoms with E-state index in [-0.39, 0.29) is 12.1 Å². The molecule has 0 fully saturated rings. The number of rotatable bonds is 4. The van der Waals surface area contributed by atoms with Crippen molar-refractivity contribution in [2.24, 2.45) is 5.73 Å². The number of hydrogen-bond donors (Lipinski definition) is 1. The van der Waals surface area contributed by atoms with Crippen LogP contribution in [0.4, 0.5) is 0 Å². The number of thioether (sulfide) groups is 1. The number of fused-ring (bicyclic) bond motifs is 1. The van der Waals surface area contributed by atoms with E-state index in [1.807, 2.05) is 12.3 Å². The molecule has 7 nitrogen and oxygen atoms in total. The number of thiazole rings is 1. The minimum absolute atomic E-state index is 0.0717. The molecule has 3 heterocycles. The lowest BCUT2D eigenvalue weighted by molar-refractivity contribution is 0.414. The smallest absolute Gasteiger partial charge is 0.277 e. The number of nitrogens with two attached hydrogens (primary N) is 1. The SMILES string of the molecule is Cc1csc2nc(CSc3nnc(CN)o3)cc(=O)n12. The topological polar surface area (TPSA) is 99.3 Å². The maximum absolute atomic E-state index is 12.0. The van der Waals surface area contributed by atoms with E-state index in [2.05, 4.69) is 15.2 Å². The van der Waals surface area contributed by atoms with Crippen molar-refractivity contribution in [3.63, 3.8) is 0 Å². The molecule has 3 aromatic rings. The van der Waals surface area contributed by atoms with Gasteiger partial charge in [0.2, 0.25) is 5.89 Å². The molecule has 3 rings (SSSR count). The van der Waals surface area contributed by atoms with Gasteiger partial charge in [0, 0.05) is 22.9 Å². The zero-order chi connectivity index (χ0) is 14.1. The molecule has 0 aliphatic carbocycles. The van der Waals surface area contributed by atoms with E-state index in [1.165, 1.54) is 29.2 Å². The van der Waals surface area contributed by atoms with Crippen LogP contribution in [0.5, 0.6) is 0 Å². The highest BCUT2D eigenvalue weighted by Crippen LogP contribution is 2.21. The van der Waals surface area contributed by atoms with Gasteiger partial charge in [0.25, 0.3) is 10.8 Å². The summed E-state index contributed by atoms with van der Waals surface area (Å²) in [5.41, 5.74) is 6.91. The Morgan fingerprint density at radius 2 is 2.35 bits per heavy atom. The van der Waals surface area contributed by atoms with Crippen LogP contribution in [0, 0.1) is 6.92 Å². The van der Waals surface area contributed by atoms with Gasteiger partial charge in [-0.15, -0.1) is 21.5 Å². The summed E-state index contributed by atoms with van der Waals surface area (Å²) in [4.78, 5) is 17.1. The van der Waals surface area contributed by atoms with E-state index in [0.717, 1.165) is 5.69 Å². The molecule has 0 atom stereocenters. The van der Waals surface area contributed by atoms with Gasteiger partial charge in [-0.25, -0.2) is 4.98 Å². The molecule has 20 heavy (non-hydrogen) atoms. The first-order chi connectivity index (χ1) is 9.67. The van der Waals surface area contributed by atoms with Crippen LogP contribution in [0.3, 0.4) is 0 Å². The van der Waals surface area contributed by atoms with Crippen molar-refractivity contribution < 1.29 is 4.42 Å². The quantitative estimate of drug-likeness (QED) is 0.723. The first-order valence-electron chi connectivity index (χ1n) is 5.79. The molecule has 0 radical (unpaired) electrons. The molecule has 3 aromatic heterocycles. The largest absolute Gasteiger partial charge is 0.415 e. The van der Waals surface area contributed by atoms with Gasteiger partial charge in [0.15, 0.2) is 4.96 Å². The minimum Gasteiger partial charge on any atom is -0.415 e. The molecule has 104 valence electrons. The summed E-state index contributed by atoms with van der Waals surface area (Å²) in [7, 11) is 0. The van der Waals surface area contributed by atoms with Gasteiger partial charge in [-0.3, -0.25) is 9.20 Å². The Bertz CT molecular complexity index is 807. The Labute approximate surface area is 121 Å². The van der Waals surface area contributed by atoms with Gasteiger partial charge < -0.3 is 10.2 Å². The predicted octanol–water partition coefficient (Wildman–Crippen LogP) is 1.20. The second-order valence-electron chi connectivity index (χ2n) is 4.04. The molecule has 0 saturated heterocycles. The molecule has 0 spiro atoms. The number of aryl methyl sites for hydroxylation is 1. The second kappa shape index (κ2) is 5.35. The summed E-state index contributed by atoms with van der Waals surface area (Å²) in [6.07, 6.45) is 0. The van der Waals surface area contributed by atoms with Crippen molar-refractivity contribution in [2.45, 2.75) is 24.4 Å². The van der Waals surface area contributed by atoms with Crippen molar-refractivity contribution in [3.8, 4) is 0 Å². The van der Waals surface area contributed by atoms with E-state index in [9.17, 15) is 4.79 Å². The number of aromatic nitrogens is 4. The lowest BCUT2D eigenvalue weighted by Gasteiger charge is -1.99. The van der Waals surface area contributed by atoms with Gasteiger partial charge in [0.05, 0.1) is 12.2 Å². The summed E-state index contributed by atoms with van der Waals surface area (Å²) < 4.78 is 6.88. The molecule has 9 heteroatoms. The molecular weight excluding hydrogens is 298 g/mol. The third-order valence-electron chi connectivity index (χ3n) is 2.60. The van der Waals surface area contributed by atoms with Gasteiger partial charge in [0.1, 0.15) is 0 Å². The second-order valence-corrected chi connectivity index (χ2v) is 5.80. The monoisotopic (exact) mass is 309 g/mol. The summed E-state index contributed by atoms with van der Waals surface area (Å²) >= 11 is 2.78. The molecule has 0 aliphatic heterocycles. The summed E-state index contributed by atoms with van der Waals surface area (Å²) in [5, 5.41) is 9.95. The zero-order valence-electron chi connectivity index (χ0n) is 10.6. The summed E-state index contributed by atoms with van der Waals surface area (Å²) in [6, 6.07) is 1.53. The highest BCUT2D eigenvalue weighted by molar-refractivity contribution is 7.98. The third-order valence-corrected chi connectivity index (χ3v) is 4.39. The Morgan fingerprint density at radius 3 is 3.10 bits per heavy atom. The van der Waals surface area contributed by atoms with Crippen LogP contribution < -0.4 is 11.3 Å². The van der Waals surface area contributed by atoms with Crippen LogP contribution >= 0.6 is 23.1 Å². The highest BCUT2D eigenvalue weighted by Gasteiger charge is 2.09. The molecular formula is C11H11N5O2S2. The van der Waals surface area contributed by atoms with Crippen LogP contribution in [-0.2, 0) is 12.3 Å².